The molecule has 0 bridgehead atoms. The van der Waals surface area contributed by atoms with E-state index in [1.165, 1.54) is 37.3 Å². The van der Waals surface area contributed by atoms with E-state index < -0.39 is 8.07 Å². The highest BCUT2D eigenvalue weighted by Crippen LogP contribution is 2.39. The third-order valence-corrected chi connectivity index (χ3v) is 10.6. The fourth-order valence-corrected chi connectivity index (χ4v) is 4.15. The van der Waals surface area contributed by atoms with E-state index in [-0.39, 0.29) is 0 Å². The molecule has 0 aliphatic rings. The van der Waals surface area contributed by atoms with Gasteiger partial charge >= 0.3 is 0 Å². The summed E-state index contributed by atoms with van der Waals surface area (Å²) in [5.74, 6) is 0. The van der Waals surface area contributed by atoms with Crippen LogP contribution < -0.4 is 0 Å². The summed E-state index contributed by atoms with van der Waals surface area (Å²) >= 11 is 0. The van der Waals surface area contributed by atoms with Gasteiger partial charge in [0.15, 0.2) is 0 Å². The Balaban J connectivity index is 2.00. The quantitative estimate of drug-likeness (QED) is 0.386. The molecule has 1 nitrogen and oxygen atoms in total. The van der Waals surface area contributed by atoms with Gasteiger partial charge in [-0.05, 0) is 17.0 Å². The average Bonchev–Trinajstić information content (AvgIpc) is 2.41. The summed E-state index contributed by atoms with van der Waals surface area (Å²) < 4.78 is 5.73. The first-order valence-corrected chi connectivity index (χ1v) is 11.7. The molecule has 0 N–H and O–H groups in total. The molecule has 0 radical (unpaired) electrons. The van der Waals surface area contributed by atoms with Crippen LogP contribution in [-0.4, -0.2) is 14.7 Å². The molecule has 0 saturated heterocycles. The second kappa shape index (κ2) is 8.75. The Morgan fingerprint density at radius 3 is 2.14 bits per heavy atom. The molecule has 2 heteroatoms. The molecule has 1 rings (SSSR count). The molecule has 1 aromatic carbocycles. The van der Waals surface area contributed by atoms with Crippen molar-refractivity contribution in [2.24, 2.45) is 0 Å². The highest BCUT2D eigenvalue weighted by atomic mass is 28.3. The average molecular weight is 307 g/mol. The van der Waals surface area contributed by atoms with Crippen LogP contribution in [0.1, 0.15) is 52.0 Å². The first-order valence-electron chi connectivity index (χ1n) is 8.45. The van der Waals surface area contributed by atoms with Crippen molar-refractivity contribution in [3.8, 4) is 0 Å². The maximum Gasteiger partial charge on any atom is 0.0716 e. The van der Waals surface area contributed by atoms with Gasteiger partial charge in [-0.3, -0.25) is 0 Å². The Labute approximate surface area is 133 Å². The summed E-state index contributed by atoms with van der Waals surface area (Å²) in [4.78, 5) is 0. The molecule has 0 aliphatic carbocycles. The van der Waals surface area contributed by atoms with Crippen molar-refractivity contribution in [2.45, 2.75) is 77.2 Å². The molecule has 0 atom stereocenters. The lowest BCUT2D eigenvalue weighted by Crippen LogP contribution is -2.36. The minimum absolute atomic E-state index is 0.534. The first kappa shape index (κ1) is 18.4. The van der Waals surface area contributed by atoms with Gasteiger partial charge in [-0.15, -0.1) is 0 Å². The van der Waals surface area contributed by atoms with Gasteiger partial charge in [0.1, 0.15) is 0 Å². The fraction of sp³-hybridized carbons (Fsp3) is 0.684. The lowest BCUT2D eigenvalue weighted by molar-refractivity contribution is 0.117. The zero-order valence-corrected chi connectivity index (χ0v) is 15.7. The van der Waals surface area contributed by atoms with Crippen molar-refractivity contribution in [2.75, 3.05) is 6.61 Å². The van der Waals surface area contributed by atoms with Crippen molar-refractivity contribution >= 4 is 8.07 Å². The van der Waals surface area contributed by atoms with Crippen molar-refractivity contribution in [3.05, 3.63) is 35.9 Å². The van der Waals surface area contributed by atoms with Crippen molar-refractivity contribution < 1.29 is 4.74 Å². The monoisotopic (exact) mass is 306 g/mol. The van der Waals surface area contributed by atoms with E-state index in [2.05, 4.69) is 58.1 Å². The molecule has 1 aromatic rings. The Hall–Kier alpha value is -0.603. The largest absolute Gasteiger partial charge is 0.377 e. The smallest absolute Gasteiger partial charge is 0.0716 e. The zero-order valence-electron chi connectivity index (χ0n) is 14.7. The summed E-state index contributed by atoms with van der Waals surface area (Å²) in [6.07, 6.45) is 5.27. The Morgan fingerprint density at radius 2 is 1.52 bits per heavy atom. The van der Waals surface area contributed by atoms with Crippen LogP contribution in [0.25, 0.3) is 0 Å². The van der Waals surface area contributed by atoms with Gasteiger partial charge in [0.05, 0.1) is 14.7 Å². The second-order valence-electron chi connectivity index (χ2n) is 7.84. The minimum Gasteiger partial charge on any atom is -0.377 e. The minimum atomic E-state index is -1.06. The van der Waals surface area contributed by atoms with Crippen LogP contribution >= 0.6 is 0 Å². The van der Waals surface area contributed by atoms with Crippen LogP contribution in [-0.2, 0) is 11.3 Å². The van der Waals surface area contributed by atoms with E-state index in [1.54, 1.807) is 0 Å². The summed E-state index contributed by atoms with van der Waals surface area (Å²) in [5.41, 5.74) is 1.27. The van der Waals surface area contributed by atoms with Gasteiger partial charge in [-0.25, -0.2) is 0 Å². The Bertz CT molecular complexity index is 378. The van der Waals surface area contributed by atoms with E-state index in [0.717, 1.165) is 13.2 Å². The molecule has 0 spiro atoms. The third-order valence-electron chi connectivity index (χ3n) is 4.98. The summed E-state index contributed by atoms with van der Waals surface area (Å²) in [6, 6.07) is 11.9. The van der Waals surface area contributed by atoms with Gasteiger partial charge in [-0.2, -0.15) is 0 Å². The molecular weight excluding hydrogens is 272 g/mol. The molecule has 0 aromatic heterocycles. The highest BCUT2D eigenvalue weighted by Gasteiger charge is 2.33. The van der Waals surface area contributed by atoms with E-state index in [1.807, 2.05) is 6.07 Å². The number of benzene rings is 1. The predicted octanol–water partition coefficient (Wildman–Crippen LogP) is 6.27. The zero-order chi connectivity index (χ0) is 15.8. The number of ether oxygens (including phenoxy) is 1. The van der Waals surface area contributed by atoms with E-state index in [9.17, 15) is 0 Å². The van der Waals surface area contributed by atoms with E-state index >= 15 is 0 Å². The van der Waals surface area contributed by atoms with Gasteiger partial charge in [0, 0.05) is 6.61 Å². The molecule has 0 unspecified atom stereocenters. The molecule has 0 fully saturated rings. The lowest BCUT2D eigenvalue weighted by atomic mass is 10.2. The van der Waals surface area contributed by atoms with Crippen LogP contribution in [0.4, 0.5) is 0 Å². The summed E-state index contributed by atoms with van der Waals surface area (Å²) in [7, 11) is -1.06. The van der Waals surface area contributed by atoms with Crippen LogP contribution in [0.5, 0.6) is 0 Å². The Morgan fingerprint density at radius 1 is 0.905 bits per heavy atom. The molecule has 120 valence electrons. The van der Waals surface area contributed by atoms with Crippen molar-refractivity contribution in [1.29, 1.82) is 0 Å². The summed E-state index contributed by atoms with van der Waals surface area (Å²) in [5, 5.41) is 0.534. The first-order chi connectivity index (χ1) is 9.83. The van der Waals surface area contributed by atoms with Gasteiger partial charge in [-0.1, -0.05) is 89.5 Å². The number of unbranched alkanes of at least 4 members (excludes halogenated alkanes) is 3. The topological polar surface area (TPSA) is 9.23 Å². The number of hydrogen-bond donors (Lipinski definition) is 0. The van der Waals surface area contributed by atoms with Gasteiger partial charge in [0.25, 0.3) is 0 Å². The van der Waals surface area contributed by atoms with Crippen LogP contribution in [0, 0.1) is 0 Å². The Kier molecular flexibility index (Phi) is 7.68. The molecule has 21 heavy (non-hydrogen) atoms. The van der Waals surface area contributed by atoms with Crippen LogP contribution in [0.3, 0.4) is 0 Å². The maximum atomic E-state index is 5.73. The van der Waals surface area contributed by atoms with Gasteiger partial charge in [0.2, 0.25) is 0 Å². The molecule has 0 amide bonds. The standard InChI is InChI=1S/C19H34OSi/c1-19(2,3)21(4,5)16-12-7-6-11-15-20-17-18-13-9-8-10-14-18/h8-10,13-14H,6-7,11-12,15-17H2,1-5H3. The maximum absolute atomic E-state index is 5.73. The summed E-state index contributed by atoms with van der Waals surface area (Å²) in [6.45, 7) is 14.0. The second-order valence-corrected chi connectivity index (χ2v) is 13.6. The SMILES string of the molecule is CC(C)(C)[Si](C)(C)CCCCCCOCc1ccccc1. The molecule has 0 aliphatic heterocycles. The highest BCUT2D eigenvalue weighted by molar-refractivity contribution is 6.80. The van der Waals surface area contributed by atoms with Crippen molar-refractivity contribution in [3.63, 3.8) is 0 Å². The van der Waals surface area contributed by atoms with Gasteiger partial charge < -0.3 is 4.74 Å². The number of rotatable bonds is 9. The van der Waals surface area contributed by atoms with Crippen LogP contribution in [0.15, 0.2) is 30.3 Å². The lowest BCUT2D eigenvalue weighted by Gasteiger charge is -2.37. The number of hydrogen-bond acceptors (Lipinski definition) is 1. The predicted molar refractivity (Wildman–Crippen MR) is 96.6 cm³/mol. The van der Waals surface area contributed by atoms with E-state index in [4.69, 9.17) is 4.74 Å². The molecule has 0 heterocycles. The fourth-order valence-electron chi connectivity index (χ4n) is 2.26. The molecular formula is C19H34OSi. The molecule has 0 saturated carbocycles. The van der Waals surface area contributed by atoms with E-state index in [0.29, 0.717) is 5.04 Å². The third kappa shape index (κ3) is 7.28. The van der Waals surface area contributed by atoms with Crippen LogP contribution in [0.2, 0.25) is 24.2 Å². The normalized spacial score (nSPS) is 12.6. The van der Waals surface area contributed by atoms with Crippen molar-refractivity contribution in [1.82, 2.24) is 0 Å².